The number of phosphoric acid groups is 3. The second-order valence-electron chi connectivity index (χ2n) is 9.99. The van der Waals surface area contributed by atoms with Gasteiger partial charge in [-0.3, -0.25) is 18.8 Å². The van der Waals surface area contributed by atoms with Gasteiger partial charge in [0.1, 0.15) is 0 Å². The van der Waals surface area contributed by atoms with Gasteiger partial charge in [-0.1, -0.05) is 34.5 Å². The third-order valence-electron chi connectivity index (χ3n) is 7.32. The molecule has 22 nitrogen and oxygen atoms in total. The number of aliphatic hydroxyl groups is 2. The van der Waals surface area contributed by atoms with Gasteiger partial charge in [0, 0.05) is 0 Å². The number of aromatic nitrogens is 4. The van der Waals surface area contributed by atoms with Crippen molar-refractivity contribution in [2.45, 2.75) is 55.9 Å². The van der Waals surface area contributed by atoms with Crippen LogP contribution in [0.1, 0.15) is 26.7 Å². The SMILES string of the molecule is CCC/C=C(\C)COC12OP(=O)(O1)O[C@@]21O[C@@]2(n3c4nc5c(=O)n6c(=O)n(c53)OP(=O)(O4)O6)OP3(=O)O[C@]2(O)[C@]1(O)O3. The molecule has 0 amide bonds. The van der Waals surface area contributed by atoms with Crippen LogP contribution in [0.25, 0.3) is 11.2 Å². The summed E-state index contributed by atoms with van der Waals surface area (Å²) < 4.78 is 98.7. The summed E-state index contributed by atoms with van der Waals surface area (Å²) >= 11 is 0. The van der Waals surface area contributed by atoms with Crippen molar-refractivity contribution in [3.05, 3.63) is 32.5 Å². The van der Waals surface area contributed by atoms with E-state index < -0.39 is 81.1 Å². The van der Waals surface area contributed by atoms with Crippen LogP contribution in [0.2, 0.25) is 0 Å². The van der Waals surface area contributed by atoms with Gasteiger partial charge in [0.2, 0.25) is 0 Å². The number of unbranched alkanes of at least 4 members (excludes halogenated alkanes) is 1. The summed E-state index contributed by atoms with van der Waals surface area (Å²) in [6.07, 6.45) is 3.27. The minimum atomic E-state index is -5.09. The van der Waals surface area contributed by atoms with Crippen molar-refractivity contribution < 1.29 is 74.3 Å². The lowest BCUT2D eigenvalue weighted by atomic mass is 9.95. The van der Waals surface area contributed by atoms with E-state index in [0.717, 1.165) is 6.42 Å². The topological polar surface area (TPSA) is 255 Å². The monoisotopic (exact) mass is 656 g/mol. The molecule has 42 heavy (non-hydrogen) atoms. The van der Waals surface area contributed by atoms with E-state index in [0.29, 0.717) is 16.6 Å². The smallest absolute Gasteiger partial charge is 0.356 e. The quantitative estimate of drug-likeness (QED) is 0.286. The molecule has 6 saturated heterocycles. The zero-order chi connectivity index (χ0) is 29.5. The number of ether oxygens (including phenoxy) is 2. The summed E-state index contributed by atoms with van der Waals surface area (Å²) in [6.45, 7) is 3.31. The number of imidazole rings is 1. The molecule has 2 aromatic rings. The number of nitrogens with zero attached hydrogens (tertiary/aromatic N) is 4. The second kappa shape index (κ2) is 6.94. The molecule has 2 unspecified atom stereocenters. The molecule has 8 aliphatic rings. The van der Waals surface area contributed by atoms with Crippen molar-refractivity contribution in [3.8, 4) is 6.01 Å². The highest BCUT2D eigenvalue weighted by Crippen LogP contribution is 2.90. The summed E-state index contributed by atoms with van der Waals surface area (Å²) in [5.74, 6) is -16.3. The molecule has 0 aromatic carbocycles. The molecule has 9 bridgehead atoms. The van der Waals surface area contributed by atoms with Gasteiger partial charge in [-0.05, 0) is 13.3 Å². The number of hydrogen-bond donors (Lipinski definition) is 2. The summed E-state index contributed by atoms with van der Waals surface area (Å²) in [5.41, 5.74) is -3.45. The maximum atomic E-state index is 13.5. The molecular weight excluding hydrogens is 641 g/mol. The van der Waals surface area contributed by atoms with E-state index in [9.17, 15) is 33.5 Å². The Labute approximate surface area is 229 Å². The Morgan fingerprint density at radius 1 is 0.976 bits per heavy atom. The predicted octanol–water partition coefficient (Wildman–Crippen LogP) is -0.768. The summed E-state index contributed by atoms with van der Waals surface area (Å²) in [4.78, 5) is 29.8. The molecule has 6 fully saturated rings. The first-order chi connectivity index (χ1) is 19.6. The average molecular weight is 656 g/mol. The van der Waals surface area contributed by atoms with E-state index in [1.54, 1.807) is 13.0 Å². The Morgan fingerprint density at radius 3 is 2.38 bits per heavy atom. The van der Waals surface area contributed by atoms with Crippen molar-refractivity contribution in [1.82, 2.24) is 19.0 Å². The van der Waals surface area contributed by atoms with Crippen molar-refractivity contribution in [3.63, 3.8) is 0 Å². The van der Waals surface area contributed by atoms with Gasteiger partial charge in [0.15, 0.2) is 11.2 Å². The van der Waals surface area contributed by atoms with Gasteiger partial charge in [-0.2, -0.15) is 9.55 Å². The number of hydrogen-bond acceptors (Lipinski definition) is 19. The minimum absolute atomic E-state index is 0.0510. The molecule has 2 aromatic heterocycles. The molecule has 0 aliphatic carbocycles. The molecule has 25 heteroatoms. The zero-order valence-electron chi connectivity index (χ0n) is 20.8. The largest absolute Gasteiger partial charge is 0.689 e. The van der Waals surface area contributed by atoms with E-state index in [4.69, 9.17) is 50.4 Å². The van der Waals surface area contributed by atoms with Crippen molar-refractivity contribution >= 4 is 34.6 Å². The Morgan fingerprint density at radius 2 is 1.67 bits per heavy atom. The molecule has 10 rings (SSSR count). The lowest BCUT2D eigenvalue weighted by Gasteiger charge is -2.41. The number of rotatable bonds is 6. The average Bonchev–Trinajstić information content (AvgIpc) is 3.56. The van der Waals surface area contributed by atoms with Gasteiger partial charge in [0.05, 0.1) is 6.61 Å². The molecule has 1 spiro atoms. The van der Waals surface area contributed by atoms with Gasteiger partial charge in [-0.15, -0.1) is 0 Å². The van der Waals surface area contributed by atoms with Crippen LogP contribution in [-0.4, -0.2) is 59.2 Å². The molecule has 0 radical (unpaired) electrons. The van der Waals surface area contributed by atoms with Gasteiger partial charge in [-0.25, -0.2) is 45.6 Å². The van der Waals surface area contributed by atoms with E-state index in [-0.39, 0.29) is 16.1 Å². The summed E-state index contributed by atoms with van der Waals surface area (Å²) in [5, 5.41) is 23.8. The third kappa shape index (κ3) is 2.47. The Kier molecular flexibility index (Phi) is 4.30. The van der Waals surface area contributed by atoms with Crippen LogP contribution in [0.15, 0.2) is 21.2 Å². The highest BCUT2D eigenvalue weighted by Gasteiger charge is 3.06. The first-order valence-electron chi connectivity index (χ1n) is 12.0. The van der Waals surface area contributed by atoms with Crippen LogP contribution < -0.4 is 25.0 Å². The Balaban J connectivity index is 1.29. The maximum Gasteiger partial charge on any atom is 0.689 e. The predicted molar refractivity (Wildman–Crippen MR) is 120 cm³/mol. The fourth-order valence-corrected chi connectivity index (χ4v) is 10.1. The maximum absolute atomic E-state index is 13.5. The molecule has 226 valence electrons. The second-order valence-corrected chi connectivity index (χ2v) is 14.3. The first kappa shape index (κ1) is 26.0. The summed E-state index contributed by atoms with van der Waals surface area (Å²) in [7, 11) is -14.5. The van der Waals surface area contributed by atoms with E-state index >= 15 is 0 Å². The van der Waals surface area contributed by atoms with Crippen molar-refractivity contribution in [2.75, 3.05) is 6.61 Å². The van der Waals surface area contributed by atoms with Gasteiger partial charge in [0.25, 0.3) is 0 Å². The molecular formula is C17H15N4O18P3. The number of fused-ring (bicyclic) bond motifs is 5. The fraction of sp³-hybridized carbons (Fsp3) is 0.588. The standard InChI is InChI=1S/C17H15N4O18P3/c1-3-4-5-7(2)6-29-17-15(34-42(28,36-17)37-17)13(24)14(25)16(31-15,35-41(27,32-13)33-14)19-9-8-10(22)21-12(23)20(9)38-40(26,39-21)30-11(19)18-8/h5,24-25H,3-4,6H2,1-2H3/b7-5+/t13-,14+,15+,16+,17?,40?,41?,42?/m0/s1. The van der Waals surface area contributed by atoms with Crippen LogP contribution in [0.4, 0.5) is 0 Å². The lowest BCUT2D eigenvalue weighted by molar-refractivity contribution is -0.464. The molecule has 8 aliphatic heterocycles. The van der Waals surface area contributed by atoms with Crippen LogP contribution in [0.5, 0.6) is 6.01 Å². The molecule has 6 atom stereocenters. The fourth-order valence-electron chi connectivity index (χ4n) is 5.59. The zero-order valence-corrected chi connectivity index (χ0v) is 23.4. The molecule has 10 heterocycles. The number of allylic oxidation sites excluding steroid dienone is 1. The van der Waals surface area contributed by atoms with Crippen LogP contribution >= 0.6 is 23.5 Å². The molecule has 0 saturated carbocycles. The van der Waals surface area contributed by atoms with Crippen LogP contribution in [0.3, 0.4) is 0 Å². The highest BCUT2D eigenvalue weighted by atomic mass is 31.2. The minimum Gasteiger partial charge on any atom is -0.356 e. The lowest BCUT2D eigenvalue weighted by Crippen LogP contribution is -2.71. The third-order valence-corrected chi connectivity index (χ3v) is 11.3. The van der Waals surface area contributed by atoms with Crippen LogP contribution in [-0.2, 0) is 56.2 Å². The summed E-state index contributed by atoms with van der Waals surface area (Å²) in [6, 6.07) is -0.947. The highest BCUT2D eigenvalue weighted by molar-refractivity contribution is 7.50. The van der Waals surface area contributed by atoms with Gasteiger partial charge >= 0.3 is 70.0 Å². The number of phosphoric ester groups is 2. The van der Waals surface area contributed by atoms with Crippen molar-refractivity contribution in [1.29, 1.82) is 0 Å². The van der Waals surface area contributed by atoms with Crippen LogP contribution in [0, 0.1) is 0 Å². The Hall–Kier alpha value is -2.42. The first-order valence-corrected chi connectivity index (χ1v) is 16.4. The normalized spacial score (nSPS) is 48.2. The van der Waals surface area contributed by atoms with E-state index in [1.165, 1.54) is 0 Å². The van der Waals surface area contributed by atoms with Gasteiger partial charge < -0.3 is 19.5 Å². The van der Waals surface area contributed by atoms with Crippen molar-refractivity contribution in [2.24, 2.45) is 0 Å². The van der Waals surface area contributed by atoms with E-state index in [1.807, 2.05) is 6.92 Å². The van der Waals surface area contributed by atoms with E-state index in [2.05, 4.69) is 4.98 Å². The Bertz CT molecular complexity index is 1990. The molecule has 2 N–H and O–H groups in total.